The second-order valence-corrected chi connectivity index (χ2v) is 9.55. The number of carbonyl (C=O) groups is 3. The van der Waals surface area contributed by atoms with Crippen molar-refractivity contribution in [3.8, 4) is 0 Å². The molecular formula is C25H36N4O4. The third kappa shape index (κ3) is 6.44. The van der Waals surface area contributed by atoms with Gasteiger partial charge in [0.1, 0.15) is 6.04 Å². The highest BCUT2D eigenvalue weighted by atomic mass is 16.4. The van der Waals surface area contributed by atoms with E-state index in [9.17, 15) is 14.4 Å². The van der Waals surface area contributed by atoms with E-state index >= 15 is 0 Å². The van der Waals surface area contributed by atoms with Crippen LogP contribution in [0.15, 0.2) is 42.1 Å². The van der Waals surface area contributed by atoms with Crippen LogP contribution in [0.5, 0.6) is 0 Å². The quantitative estimate of drug-likeness (QED) is 0.503. The number of fused-ring (bicyclic) bond motifs is 1. The maximum Gasteiger partial charge on any atom is 0.331 e. The number of nitrogens with zero attached hydrogens (tertiary/aromatic N) is 2. The molecule has 8 nitrogen and oxygen atoms in total. The van der Waals surface area contributed by atoms with Crippen LogP contribution < -0.4 is 10.6 Å². The summed E-state index contributed by atoms with van der Waals surface area (Å²) in [6, 6.07) is 6.75. The normalized spacial score (nSPS) is 14.1. The zero-order valence-electron chi connectivity index (χ0n) is 20.6. The number of carboxylic acid groups (broad SMARTS) is 1. The molecule has 0 aliphatic rings. The van der Waals surface area contributed by atoms with Gasteiger partial charge in [-0.1, -0.05) is 45.0 Å². The molecule has 2 amide bonds. The Morgan fingerprint density at radius 2 is 1.85 bits per heavy atom. The summed E-state index contributed by atoms with van der Waals surface area (Å²) in [5.41, 5.74) is 1.77. The van der Waals surface area contributed by atoms with Crippen molar-refractivity contribution in [2.75, 3.05) is 20.6 Å². The number of benzene rings is 1. The average molecular weight is 457 g/mol. The van der Waals surface area contributed by atoms with Crippen LogP contribution in [0.1, 0.15) is 33.3 Å². The van der Waals surface area contributed by atoms with Gasteiger partial charge in [0, 0.05) is 43.3 Å². The minimum Gasteiger partial charge on any atom is -0.478 e. The summed E-state index contributed by atoms with van der Waals surface area (Å²) in [4.78, 5) is 38.8. The Balaban J connectivity index is 2.19. The van der Waals surface area contributed by atoms with E-state index in [0.29, 0.717) is 6.42 Å². The minimum atomic E-state index is -1.03. The number of para-hydroxylation sites is 1. The molecular weight excluding hydrogens is 420 g/mol. The van der Waals surface area contributed by atoms with E-state index in [1.807, 2.05) is 62.8 Å². The average Bonchev–Trinajstić information content (AvgIpc) is 3.07. The number of carboxylic acids is 1. The lowest BCUT2D eigenvalue weighted by molar-refractivity contribution is -0.138. The van der Waals surface area contributed by atoms with E-state index in [2.05, 4.69) is 10.6 Å². The van der Waals surface area contributed by atoms with Crippen LogP contribution in [0.3, 0.4) is 0 Å². The molecule has 0 saturated heterocycles. The van der Waals surface area contributed by atoms with Crippen LogP contribution in [0.25, 0.3) is 10.9 Å². The number of aromatic nitrogens is 1. The topological polar surface area (TPSA) is 104 Å². The first-order chi connectivity index (χ1) is 15.4. The summed E-state index contributed by atoms with van der Waals surface area (Å²) >= 11 is 0. The molecule has 3 N–H and O–H groups in total. The second kappa shape index (κ2) is 10.7. The van der Waals surface area contributed by atoms with E-state index in [0.717, 1.165) is 16.5 Å². The Labute approximate surface area is 195 Å². The predicted octanol–water partition coefficient (Wildman–Crippen LogP) is 2.33. The third-order valence-electron chi connectivity index (χ3n) is 5.85. The van der Waals surface area contributed by atoms with Gasteiger partial charge in [0.05, 0.1) is 6.04 Å². The number of aryl methyl sites for hydroxylation is 1. The highest BCUT2D eigenvalue weighted by Crippen LogP contribution is 2.23. The molecule has 0 aliphatic carbocycles. The fourth-order valence-electron chi connectivity index (χ4n) is 3.70. The maximum absolute atomic E-state index is 13.2. The molecule has 0 aliphatic heterocycles. The summed E-state index contributed by atoms with van der Waals surface area (Å²) in [6.07, 6.45) is 3.99. The van der Waals surface area contributed by atoms with Gasteiger partial charge in [0.25, 0.3) is 0 Å². The molecule has 1 aromatic heterocycles. The summed E-state index contributed by atoms with van der Waals surface area (Å²) in [5, 5.41) is 16.1. The van der Waals surface area contributed by atoms with Crippen molar-refractivity contribution in [3.05, 3.63) is 47.7 Å². The molecule has 0 radical (unpaired) electrons. The summed E-state index contributed by atoms with van der Waals surface area (Å²) in [5.74, 6) is -1.56. The number of aliphatic carboxylic acids is 1. The summed E-state index contributed by atoms with van der Waals surface area (Å²) in [7, 11) is 5.31. The van der Waals surface area contributed by atoms with E-state index in [1.165, 1.54) is 17.9 Å². The van der Waals surface area contributed by atoms with Crippen molar-refractivity contribution in [2.45, 2.75) is 46.2 Å². The first-order valence-corrected chi connectivity index (χ1v) is 11.0. The van der Waals surface area contributed by atoms with Crippen molar-refractivity contribution in [1.29, 1.82) is 0 Å². The smallest absolute Gasteiger partial charge is 0.331 e. The van der Waals surface area contributed by atoms with Gasteiger partial charge >= 0.3 is 5.97 Å². The molecule has 2 aromatic rings. The molecule has 0 saturated carbocycles. The van der Waals surface area contributed by atoms with E-state index in [4.69, 9.17) is 5.11 Å². The summed E-state index contributed by atoms with van der Waals surface area (Å²) < 4.78 is 2.04. The van der Waals surface area contributed by atoms with Crippen molar-refractivity contribution in [2.24, 2.45) is 12.5 Å². The van der Waals surface area contributed by atoms with Gasteiger partial charge in [-0.05, 0) is 37.4 Å². The molecule has 2 rings (SSSR count). The number of hydrogen-bond donors (Lipinski definition) is 3. The predicted molar refractivity (Wildman–Crippen MR) is 130 cm³/mol. The van der Waals surface area contributed by atoms with Gasteiger partial charge in [0.2, 0.25) is 11.8 Å². The minimum absolute atomic E-state index is 0.144. The van der Waals surface area contributed by atoms with Crippen LogP contribution in [0.2, 0.25) is 0 Å². The molecule has 1 heterocycles. The fourth-order valence-corrected chi connectivity index (χ4v) is 3.70. The lowest BCUT2D eigenvalue weighted by Crippen LogP contribution is -2.57. The number of rotatable bonds is 9. The maximum atomic E-state index is 13.2. The zero-order chi connectivity index (χ0) is 24.9. The van der Waals surface area contributed by atoms with E-state index < -0.39 is 23.5 Å². The standard InChI is InChI=1S/C25H36N4O4/c1-16(24(32)33)12-13-28(6)23(31)21(25(2,3)4)27-22(30)19(26-5)14-17-15-29(7)20-11-9-8-10-18(17)20/h8-12,15,19,21,26H,13-14H2,1-7H3,(H,27,30)(H,32,33)/t19-,21+/m0/s1. The molecule has 2 atom stereocenters. The fraction of sp³-hybridized carbons (Fsp3) is 0.480. The van der Waals surface area contributed by atoms with Gasteiger partial charge < -0.3 is 25.2 Å². The number of carbonyl (C=O) groups excluding carboxylic acids is 2. The van der Waals surface area contributed by atoms with Crippen LogP contribution >= 0.6 is 0 Å². The molecule has 0 unspecified atom stereocenters. The lowest BCUT2D eigenvalue weighted by Gasteiger charge is -2.34. The molecule has 33 heavy (non-hydrogen) atoms. The largest absolute Gasteiger partial charge is 0.478 e. The lowest BCUT2D eigenvalue weighted by atomic mass is 9.85. The summed E-state index contributed by atoms with van der Waals surface area (Å²) in [6.45, 7) is 7.29. The van der Waals surface area contributed by atoms with Crippen molar-refractivity contribution in [1.82, 2.24) is 20.1 Å². The number of hydrogen-bond acceptors (Lipinski definition) is 4. The SMILES string of the molecule is CN[C@@H](Cc1cn(C)c2ccccc12)C(=O)N[C@H](C(=O)N(C)CC=C(C)C(=O)O)C(C)(C)C. The molecule has 0 fully saturated rings. The first-order valence-electron chi connectivity index (χ1n) is 11.0. The van der Waals surface area contributed by atoms with Gasteiger partial charge in [-0.3, -0.25) is 9.59 Å². The van der Waals surface area contributed by atoms with E-state index in [1.54, 1.807) is 14.1 Å². The Bertz CT molecular complexity index is 1050. The van der Waals surface area contributed by atoms with Crippen LogP contribution in [0, 0.1) is 5.41 Å². The second-order valence-electron chi connectivity index (χ2n) is 9.55. The van der Waals surface area contributed by atoms with Crippen LogP contribution in [0.4, 0.5) is 0 Å². The Hall–Kier alpha value is -3.13. The molecule has 180 valence electrons. The Kier molecular flexibility index (Phi) is 8.44. The van der Waals surface area contributed by atoms with Crippen molar-refractivity contribution in [3.63, 3.8) is 0 Å². The van der Waals surface area contributed by atoms with Crippen molar-refractivity contribution < 1.29 is 19.5 Å². The molecule has 8 heteroatoms. The van der Waals surface area contributed by atoms with Gasteiger partial charge in [-0.25, -0.2) is 4.79 Å². The van der Waals surface area contributed by atoms with Gasteiger partial charge in [-0.2, -0.15) is 0 Å². The molecule has 0 spiro atoms. The number of likely N-dealkylation sites (N-methyl/N-ethyl adjacent to an activating group) is 2. The number of nitrogens with one attached hydrogen (secondary N) is 2. The van der Waals surface area contributed by atoms with E-state index in [-0.39, 0.29) is 23.9 Å². The molecule has 1 aromatic carbocycles. The zero-order valence-corrected chi connectivity index (χ0v) is 20.6. The van der Waals surface area contributed by atoms with Gasteiger partial charge in [-0.15, -0.1) is 0 Å². The highest BCUT2D eigenvalue weighted by molar-refractivity contribution is 5.91. The van der Waals surface area contributed by atoms with Gasteiger partial charge in [0.15, 0.2) is 0 Å². The Morgan fingerprint density at radius 1 is 1.21 bits per heavy atom. The van der Waals surface area contributed by atoms with Crippen LogP contribution in [-0.4, -0.2) is 65.1 Å². The first kappa shape index (κ1) is 26.1. The van der Waals surface area contributed by atoms with Crippen molar-refractivity contribution >= 4 is 28.7 Å². The number of amides is 2. The highest BCUT2D eigenvalue weighted by Gasteiger charge is 2.36. The van der Waals surface area contributed by atoms with Crippen LogP contribution in [-0.2, 0) is 27.9 Å². The molecule has 0 bridgehead atoms. The Morgan fingerprint density at radius 3 is 2.42 bits per heavy atom. The monoisotopic (exact) mass is 456 g/mol. The third-order valence-corrected chi connectivity index (χ3v) is 5.85.